The first kappa shape index (κ1) is 25.1. The molecule has 0 heterocycles. The summed E-state index contributed by atoms with van der Waals surface area (Å²) in [6, 6.07) is 22.9. The van der Waals surface area contributed by atoms with Crippen molar-refractivity contribution >= 4 is 11.5 Å². The number of hydrogen-bond donors (Lipinski definition) is 1. The largest absolute Gasteiger partial charge is 0.497 e. The van der Waals surface area contributed by atoms with Crippen molar-refractivity contribution in [1.29, 1.82) is 0 Å². The zero-order valence-electron chi connectivity index (χ0n) is 22.0. The van der Waals surface area contributed by atoms with Crippen molar-refractivity contribution in [3.05, 3.63) is 89.5 Å². The number of rotatable bonds is 10. The van der Waals surface area contributed by atoms with Gasteiger partial charge in [0, 0.05) is 0 Å². The fraction of sp³-hybridized carbons (Fsp3) is 0.364. The predicted molar refractivity (Wildman–Crippen MR) is 148 cm³/mol. The molecule has 0 bridgehead atoms. The molecule has 0 aromatic heterocycles. The van der Waals surface area contributed by atoms with Crippen LogP contribution in [-0.4, -0.2) is 18.2 Å². The average Bonchev–Trinajstić information content (AvgIpc) is 3.68. The van der Waals surface area contributed by atoms with Gasteiger partial charge in [-0.2, -0.15) is 0 Å². The molecule has 1 fully saturated rings. The molecule has 1 saturated carbocycles. The average molecular weight is 497 g/mol. The zero-order valence-corrected chi connectivity index (χ0v) is 22.0. The Bertz CT molecular complexity index is 1320. The van der Waals surface area contributed by atoms with Gasteiger partial charge in [0.15, 0.2) is 0 Å². The van der Waals surface area contributed by atoms with Crippen LogP contribution in [0.3, 0.4) is 0 Å². The van der Waals surface area contributed by atoms with Gasteiger partial charge in [-0.3, -0.25) is 4.79 Å². The molecule has 0 spiro atoms. The molecule has 1 atom stereocenters. The molecule has 4 heteroatoms. The molecule has 1 N–H and O–H groups in total. The van der Waals surface area contributed by atoms with Crippen LogP contribution in [0, 0.1) is 11.3 Å². The van der Waals surface area contributed by atoms with Gasteiger partial charge in [-0.05, 0) is 107 Å². The summed E-state index contributed by atoms with van der Waals surface area (Å²) in [7, 11) is 1.70. The van der Waals surface area contributed by atoms with Crippen molar-refractivity contribution in [3.63, 3.8) is 0 Å². The lowest BCUT2D eigenvalue weighted by atomic mass is 9.79. The predicted octanol–water partition coefficient (Wildman–Crippen LogP) is 8.11. The van der Waals surface area contributed by atoms with Crippen LogP contribution in [-0.2, 0) is 11.4 Å². The molecule has 4 nitrogen and oxygen atoms in total. The second-order valence-electron chi connectivity index (χ2n) is 11.1. The third-order valence-electron chi connectivity index (χ3n) is 7.88. The molecule has 3 aromatic rings. The number of allylic oxidation sites excluding steroid dienone is 2. The Kier molecular flexibility index (Phi) is 7.10. The van der Waals surface area contributed by atoms with Crippen molar-refractivity contribution in [2.24, 2.45) is 11.3 Å². The fourth-order valence-electron chi connectivity index (χ4n) is 5.65. The quantitative estimate of drug-likeness (QED) is 0.308. The van der Waals surface area contributed by atoms with Crippen LogP contribution in [0.1, 0.15) is 68.6 Å². The molecule has 0 amide bonds. The maximum atomic E-state index is 11.4. The van der Waals surface area contributed by atoms with Crippen molar-refractivity contribution in [3.8, 4) is 22.6 Å². The van der Waals surface area contributed by atoms with Crippen LogP contribution in [0.2, 0.25) is 0 Å². The monoisotopic (exact) mass is 496 g/mol. The van der Waals surface area contributed by atoms with E-state index in [0.29, 0.717) is 12.5 Å². The summed E-state index contributed by atoms with van der Waals surface area (Å²) >= 11 is 0. The van der Waals surface area contributed by atoms with Gasteiger partial charge in [-0.15, -0.1) is 0 Å². The third kappa shape index (κ3) is 5.74. The number of carbonyl (C=O) groups is 1. The number of benzene rings is 3. The Balaban J connectivity index is 1.42. The van der Waals surface area contributed by atoms with Crippen molar-refractivity contribution in [2.45, 2.75) is 58.5 Å². The van der Waals surface area contributed by atoms with E-state index in [0.717, 1.165) is 53.9 Å². The Morgan fingerprint density at radius 2 is 1.78 bits per heavy atom. The highest BCUT2D eigenvalue weighted by Gasteiger charge is 2.34. The summed E-state index contributed by atoms with van der Waals surface area (Å²) in [5.74, 6) is 1.43. The lowest BCUT2D eigenvalue weighted by Crippen LogP contribution is -2.10. The van der Waals surface area contributed by atoms with Crippen LogP contribution in [0.4, 0.5) is 0 Å². The van der Waals surface area contributed by atoms with Crippen LogP contribution >= 0.6 is 0 Å². The molecule has 0 radical (unpaired) electrons. The van der Waals surface area contributed by atoms with E-state index >= 15 is 0 Å². The summed E-state index contributed by atoms with van der Waals surface area (Å²) in [5.41, 5.74) is 7.27. The number of carboxylic acids is 1. The number of aliphatic carboxylic acids is 1. The molecule has 192 valence electrons. The number of hydrogen-bond acceptors (Lipinski definition) is 3. The summed E-state index contributed by atoms with van der Waals surface area (Å²) in [6.07, 6.45) is 7.01. The van der Waals surface area contributed by atoms with E-state index in [-0.39, 0.29) is 17.8 Å². The van der Waals surface area contributed by atoms with Gasteiger partial charge in [-0.1, -0.05) is 56.3 Å². The SMILES string of the molecule is COc1cccc(-c2ccc(COc3cccc([C@H](CC(=O)O)C4CC4)c3)cc2C2=CCCC2(C)C)c1. The highest BCUT2D eigenvalue weighted by molar-refractivity contribution is 5.85. The van der Waals surface area contributed by atoms with Crippen LogP contribution in [0.15, 0.2) is 72.8 Å². The number of methoxy groups -OCH3 is 1. The molecule has 3 aromatic carbocycles. The maximum Gasteiger partial charge on any atom is 0.303 e. The van der Waals surface area contributed by atoms with E-state index < -0.39 is 5.97 Å². The molecule has 5 rings (SSSR count). The van der Waals surface area contributed by atoms with Crippen molar-refractivity contribution in [2.75, 3.05) is 7.11 Å². The number of ether oxygens (including phenoxy) is 2. The highest BCUT2D eigenvalue weighted by Crippen LogP contribution is 2.47. The molecular weight excluding hydrogens is 460 g/mol. The van der Waals surface area contributed by atoms with Gasteiger partial charge in [-0.25, -0.2) is 0 Å². The van der Waals surface area contributed by atoms with E-state index in [4.69, 9.17) is 9.47 Å². The third-order valence-corrected chi connectivity index (χ3v) is 7.88. The van der Waals surface area contributed by atoms with E-state index in [1.165, 1.54) is 16.7 Å². The van der Waals surface area contributed by atoms with Gasteiger partial charge >= 0.3 is 5.97 Å². The summed E-state index contributed by atoms with van der Waals surface area (Å²) < 4.78 is 11.7. The molecule has 2 aliphatic rings. The Labute approximate surface area is 220 Å². The summed E-state index contributed by atoms with van der Waals surface area (Å²) in [5, 5.41) is 9.39. The molecule has 0 unspecified atom stereocenters. The number of carboxylic acid groups (broad SMARTS) is 1. The first-order chi connectivity index (χ1) is 17.8. The molecule has 37 heavy (non-hydrogen) atoms. The molecule has 0 aliphatic heterocycles. The van der Waals surface area contributed by atoms with Gasteiger partial charge in [0.25, 0.3) is 0 Å². The smallest absolute Gasteiger partial charge is 0.303 e. The van der Waals surface area contributed by atoms with Gasteiger partial charge in [0.1, 0.15) is 18.1 Å². The summed E-state index contributed by atoms with van der Waals surface area (Å²) in [6.45, 7) is 5.10. The van der Waals surface area contributed by atoms with Gasteiger partial charge in [0.2, 0.25) is 0 Å². The van der Waals surface area contributed by atoms with Crippen LogP contribution in [0.5, 0.6) is 11.5 Å². The minimum absolute atomic E-state index is 0.0614. The van der Waals surface area contributed by atoms with E-state index in [9.17, 15) is 9.90 Å². The molecule has 0 saturated heterocycles. The minimum atomic E-state index is -0.740. The van der Waals surface area contributed by atoms with E-state index in [2.05, 4.69) is 50.3 Å². The normalized spacial score (nSPS) is 17.2. The van der Waals surface area contributed by atoms with E-state index in [1.54, 1.807) is 7.11 Å². The van der Waals surface area contributed by atoms with Crippen LogP contribution in [0.25, 0.3) is 16.7 Å². The Hall–Kier alpha value is -3.53. The van der Waals surface area contributed by atoms with Gasteiger partial charge in [0.05, 0.1) is 13.5 Å². The maximum absolute atomic E-state index is 11.4. The first-order valence-electron chi connectivity index (χ1n) is 13.3. The Morgan fingerprint density at radius 1 is 1.00 bits per heavy atom. The van der Waals surface area contributed by atoms with Crippen LogP contribution < -0.4 is 9.47 Å². The Morgan fingerprint density at radius 3 is 2.49 bits per heavy atom. The fourth-order valence-corrected chi connectivity index (χ4v) is 5.65. The van der Waals surface area contributed by atoms with Crippen molar-refractivity contribution in [1.82, 2.24) is 0 Å². The lowest BCUT2D eigenvalue weighted by Gasteiger charge is -2.25. The van der Waals surface area contributed by atoms with Crippen molar-refractivity contribution < 1.29 is 19.4 Å². The molecular formula is C33H36O4. The highest BCUT2D eigenvalue weighted by atomic mass is 16.5. The topological polar surface area (TPSA) is 55.8 Å². The minimum Gasteiger partial charge on any atom is -0.497 e. The van der Waals surface area contributed by atoms with Gasteiger partial charge < -0.3 is 14.6 Å². The first-order valence-corrected chi connectivity index (χ1v) is 13.3. The molecule has 2 aliphatic carbocycles. The van der Waals surface area contributed by atoms with E-state index in [1.807, 2.05) is 36.4 Å². The summed E-state index contributed by atoms with van der Waals surface area (Å²) in [4.78, 5) is 11.4. The standard InChI is InChI=1S/C33H36O4/c1-33(2)16-6-11-31(33)30-17-22(12-15-28(30)24-7-4-9-26(18-24)36-3)21-37-27-10-5-8-25(19-27)29(20-32(34)35)23-13-14-23/h4-5,7-12,15,17-19,23,29H,6,13-14,16,20-21H2,1-3H3,(H,34,35)/t29-/m1/s1. The second-order valence-corrected chi connectivity index (χ2v) is 11.1. The second kappa shape index (κ2) is 10.5. The zero-order chi connectivity index (χ0) is 26.0. The lowest BCUT2D eigenvalue weighted by molar-refractivity contribution is -0.137.